The fourth-order valence-corrected chi connectivity index (χ4v) is 9.39. The normalized spacial score (nSPS) is 39.0. The highest BCUT2D eigenvalue weighted by Gasteiger charge is 2.70. The van der Waals surface area contributed by atoms with Gasteiger partial charge in [-0.25, -0.2) is 4.79 Å². The van der Waals surface area contributed by atoms with E-state index in [9.17, 15) is 4.79 Å². The van der Waals surface area contributed by atoms with Gasteiger partial charge in [-0.05, 0) is 93.7 Å². The first kappa shape index (κ1) is 27.5. The number of anilines is 1. The number of hydrogen-bond acceptors (Lipinski definition) is 5. The van der Waals surface area contributed by atoms with Gasteiger partial charge in [0.2, 0.25) is 0 Å². The van der Waals surface area contributed by atoms with Gasteiger partial charge in [0.15, 0.2) is 5.79 Å². The largest absolute Gasteiger partial charge is 0.458 e. The van der Waals surface area contributed by atoms with E-state index in [-0.39, 0.29) is 40.3 Å². The molecule has 1 aromatic carbocycles. The number of benzene rings is 1. The van der Waals surface area contributed by atoms with E-state index < -0.39 is 5.79 Å². The third-order valence-corrected chi connectivity index (χ3v) is 11.0. The van der Waals surface area contributed by atoms with Crippen molar-refractivity contribution in [3.05, 3.63) is 53.6 Å². The Kier molecular flexibility index (Phi) is 6.88. The molecule has 208 valence electrons. The second-order valence-electron chi connectivity index (χ2n) is 13.4. The lowest BCUT2D eigenvalue weighted by atomic mass is 9.34. The van der Waals surface area contributed by atoms with Crippen molar-refractivity contribution in [2.45, 2.75) is 98.5 Å². The number of cyclic esters (lactones) is 1. The molecule has 5 nitrogen and oxygen atoms in total. The van der Waals surface area contributed by atoms with E-state index in [0.29, 0.717) is 19.1 Å². The lowest BCUT2D eigenvalue weighted by Crippen LogP contribution is -2.71. The summed E-state index contributed by atoms with van der Waals surface area (Å²) in [7, 11) is 0. The highest BCUT2D eigenvalue weighted by molar-refractivity contribution is 5.92. The molecule has 0 aromatic heterocycles. The van der Waals surface area contributed by atoms with E-state index in [1.807, 2.05) is 19.9 Å². The Hall–Kier alpha value is -2.11. The summed E-state index contributed by atoms with van der Waals surface area (Å²) in [5.41, 5.74) is 4.20. The van der Waals surface area contributed by atoms with Crippen molar-refractivity contribution < 1.29 is 19.0 Å². The Morgan fingerprint density at radius 3 is 2.47 bits per heavy atom. The molecule has 0 amide bonds. The molecule has 38 heavy (non-hydrogen) atoms. The molecule has 2 aliphatic carbocycles. The Morgan fingerprint density at radius 2 is 1.84 bits per heavy atom. The van der Waals surface area contributed by atoms with Gasteiger partial charge in [0.25, 0.3) is 0 Å². The zero-order chi connectivity index (χ0) is 27.5. The van der Waals surface area contributed by atoms with Crippen molar-refractivity contribution in [3.63, 3.8) is 0 Å². The van der Waals surface area contributed by atoms with Gasteiger partial charge in [-0.2, -0.15) is 0 Å². The van der Waals surface area contributed by atoms with Gasteiger partial charge in [-0.3, -0.25) is 0 Å². The summed E-state index contributed by atoms with van der Waals surface area (Å²) >= 11 is 0. The van der Waals surface area contributed by atoms with Crippen LogP contribution in [0.5, 0.6) is 0 Å². The Morgan fingerprint density at radius 1 is 1.13 bits per heavy atom. The average Bonchev–Trinajstić information content (AvgIpc) is 3.28. The van der Waals surface area contributed by atoms with E-state index in [1.165, 1.54) is 11.1 Å². The molecule has 2 unspecified atom stereocenters. The maximum absolute atomic E-state index is 12.8. The Bertz CT molecular complexity index is 1120. The lowest BCUT2D eigenvalue weighted by molar-refractivity contribution is -0.371. The summed E-state index contributed by atoms with van der Waals surface area (Å²) in [5.74, 6) is -0.0416. The minimum absolute atomic E-state index is 0.00771. The molecular weight excluding hydrogens is 474 g/mol. The molecule has 4 aliphatic rings. The van der Waals surface area contributed by atoms with Crippen LogP contribution in [0.4, 0.5) is 5.69 Å². The summed E-state index contributed by atoms with van der Waals surface area (Å²) in [6.45, 7) is 21.7. The van der Waals surface area contributed by atoms with Crippen LogP contribution in [0.3, 0.4) is 0 Å². The van der Waals surface area contributed by atoms with Crippen LogP contribution < -0.4 is 5.32 Å². The molecular formula is C33H47NO4. The molecule has 3 fully saturated rings. The average molecular weight is 522 g/mol. The number of rotatable bonds is 6. The molecule has 2 saturated carbocycles. The quantitative estimate of drug-likeness (QED) is 0.316. The van der Waals surface area contributed by atoms with Gasteiger partial charge in [0.1, 0.15) is 6.61 Å². The van der Waals surface area contributed by atoms with E-state index in [2.05, 4.69) is 70.8 Å². The highest BCUT2D eigenvalue weighted by atomic mass is 16.7. The monoisotopic (exact) mass is 521 g/mol. The maximum Gasteiger partial charge on any atom is 0.336 e. The van der Waals surface area contributed by atoms with Crippen LogP contribution in [0.1, 0.15) is 79.2 Å². The zero-order valence-electron chi connectivity index (χ0n) is 24.5. The topological polar surface area (TPSA) is 56.8 Å². The van der Waals surface area contributed by atoms with Crippen LogP contribution in [0.25, 0.3) is 0 Å². The van der Waals surface area contributed by atoms with Crippen LogP contribution >= 0.6 is 0 Å². The van der Waals surface area contributed by atoms with Crippen molar-refractivity contribution in [1.29, 1.82) is 0 Å². The maximum atomic E-state index is 12.8. The summed E-state index contributed by atoms with van der Waals surface area (Å²) in [6.07, 6.45) is 7.08. The number of aryl methyl sites for hydroxylation is 1. The Balaban J connectivity index is 1.54. The summed E-state index contributed by atoms with van der Waals surface area (Å²) in [6, 6.07) is 8.28. The Labute approximate surface area is 229 Å². The molecule has 2 aliphatic heterocycles. The smallest absolute Gasteiger partial charge is 0.336 e. The molecule has 0 radical (unpaired) electrons. The number of carbonyl (C=O) groups excluding carboxylic acids is 1. The molecule has 1 saturated heterocycles. The van der Waals surface area contributed by atoms with Gasteiger partial charge >= 0.3 is 5.97 Å². The third kappa shape index (κ3) is 4.07. The standard InChI is InChI=1S/C33H47NO4/c1-9-33-23(4)18-22(3)26(31(33,7)16-14-28-32(33,8)20-37-30(5,6)38-28)19-27(25-15-17-36-29(25)35)34-24-12-10-21(2)11-13-24/h10-13,15,23,26-28,34H,3,9,14,16-20H2,1-2,4-8H3/t23?,26-,27?,28-,31+,32-,33+/m1/s1. The van der Waals surface area contributed by atoms with Gasteiger partial charge < -0.3 is 19.5 Å². The van der Waals surface area contributed by atoms with Crippen LogP contribution in [-0.2, 0) is 19.0 Å². The summed E-state index contributed by atoms with van der Waals surface area (Å²) < 4.78 is 18.4. The fourth-order valence-electron chi connectivity index (χ4n) is 9.39. The SMILES string of the molecule is C=C1CC(C)[C@@]2(CC)[C@@](C)(CC[C@H]3OC(C)(C)OC[C@]32C)[C@@H]1CC(Nc1ccc(C)cc1)C1=CCOC1=O. The number of hydrogen-bond donors (Lipinski definition) is 1. The predicted molar refractivity (Wildman–Crippen MR) is 152 cm³/mol. The van der Waals surface area contributed by atoms with Crippen molar-refractivity contribution >= 4 is 11.7 Å². The molecule has 0 bridgehead atoms. The lowest BCUT2D eigenvalue weighted by Gasteiger charge is -2.72. The molecule has 7 atom stereocenters. The second kappa shape index (κ2) is 9.52. The van der Waals surface area contributed by atoms with E-state index >= 15 is 0 Å². The highest BCUT2D eigenvalue weighted by Crippen LogP contribution is 2.73. The van der Waals surface area contributed by atoms with E-state index in [1.54, 1.807) is 0 Å². The number of allylic oxidation sites excluding steroid dienone is 1. The molecule has 5 heteroatoms. The first-order valence-electron chi connectivity index (χ1n) is 14.6. The number of carbonyl (C=O) groups is 1. The number of esters is 1. The van der Waals surface area contributed by atoms with Crippen LogP contribution in [0, 0.1) is 35.0 Å². The van der Waals surface area contributed by atoms with Gasteiger partial charge in [0.05, 0.1) is 24.3 Å². The molecule has 2 heterocycles. The van der Waals surface area contributed by atoms with Crippen molar-refractivity contribution in [3.8, 4) is 0 Å². The summed E-state index contributed by atoms with van der Waals surface area (Å²) in [5, 5.41) is 3.72. The van der Waals surface area contributed by atoms with Gasteiger partial charge in [-0.1, -0.05) is 57.5 Å². The number of fused-ring (bicyclic) bond motifs is 3. The molecule has 5 rings (SSSR count). The second-order valence-corrected chi connectivity index (χ2v) is 13.4. The zero-order valence-corrected chi connectivity index (χ0v) is 24.5. The molecule has 1 N–H and O–H groups in total. The summed E-state index contributed by atoms with van der Waals surface area (Å²) in [4.78, 5) is 12.8. The predicted octanol–water partition coefficient (Wildman–Crippen LogP) is 7.22. The van der Waals surface area contributed by atoms with Crippen molar-refractivity contribution in [2.24, 2.45) is 28.1 Å². The number of ether oxygens (including phenoxy) is 3. The first-order valence-corrected chi connectivity index (χ1v) is 14.6. The molecule has 1 aromatic rings. The fraction of sp³-hybridized carbons (Fsp3) is 0.667. The number of nitrogens with one attached hydrogen (secondary N) is 1. The first-order chi connectivity index (χ1) is 17.9. The third-order valence-electron chi connectivity index (χ3n) is 11.0. The minimum Gasteiger partial charge on any atom is -0.458 e. The molecule has 0 spiro atoms. The van der Waals surface area contributed by atoms with Crippen LogP contribution in [0.15, 0.2) is 48.1 Å². The van der Waals surface area contributed by atoms with Crippen molar-refractivity contribution in [1.82, 2.24) is 0 Å². The van der Waals surface area contributed by atoms with Gasteiger partial charge in [0, 0.05) is 11.1 Å². The van der Waals surface area contributed by atoms with Gasteiger partial charge in [-0.15, -0.1) is 0 Å². The minimum atomic E-state index is -0.549. The van der Waals surface area contributed by atoms with E-state index in [0.717, 1.165) is 43.4 Å². The van der Waals surface area contributed by atoms with Crippen LogP contribution in [0.2, 0.25) is 0 Å². The van der Waals surface area contributed by atoms with E-state index in [4.69, 9.17) is 14.2 Å². The van der Waals surface area contributed by atoms with Crippen molar-refractivity contribution in [2.75, 3.05) is 18.5 Å². The van der Waals surface area contributed by atoms with Crippen LogP contribution in [-0.4, -0.2) is 37.1 Å².